The smallest absolute Gasteiger partial charge is 0.401 e. The van der Waals surface area contributed by atoms with E-state index < -0.39 is 20.1 Å². The fraction of sp³-hybridized carbons (Fsp3) is 0.538. The Hall–Kier alpha value is -0.723. The molecule has 2 nitrogen and oxygen atoms in total. The molecule has 0 aliphatic heterocycles. The third-order valence-corrected chi connectivity index (χ3v) is 4.27. The summed E-state index contributed by atoms with van der Waals surface area (Å²) in [5.41, 5.74) is 4.06. The number of aryl methyl sites for hydroxylation is 1. The second-order valence-corrected chi connectivity index (χ2v) is 10.8. The van der Waals surface area contributed by atoms with Gasteiger partial charge in [-0.25, -0.2) is 0 Å². The number of alkyl halides is 3. The molecule has 0 radical (unpaired) electrons. The zero-order valence-electron chi connectivity index (χ0n) is 12.2. The van der Waals surface area contributed by atoms with Gasteiger partial charge in [0.25, 0.3) is 0 Å². The number of rotatable bonds is 3. The molecule has 0 heterocycles. The van der Waals surface area contributed by atoms with Crippen molar-refractivity contribution >= 4 is 25.6 Å². The summed E-state index contributed by atoms with van der Waals surface area (Å²) >= 11 is 5.91. The van der Waals surface area contributed by atoms with E-state index in [1.807, 2.05) is 0 Å². The second kappa shape index (κ2) is 5.24. The van der Waals surface area contributed by atoms with E-state index in [2.05, 4.69) is 0 Å². The van der Waals surface area contributed by atoms with Crippen molar-refractivity contribution < 1.29 is 17.6 Å². The molecule has 0 aliphatic carbocycles. The van der Waals surface area contributed by atoms with Gasteiger partial charge in [0.15, 0.2) is 13.9 Å². The normalized spacial score (nSPS) is 16.1. The number of halogens is 4. The van der Waals surface area contributed by atoms with Gasteiger partial charge in [0, 0.05) is 0 Å². The Morgan fingerprint density at radius 1 is 1.20 bits per heavy atom. The topological polar surface area (TPSA) is 35.2 Å². The second-order valence-electron chi connectivity index (χ2n) is 5.93. The lowest BCUT2D eigenvalue weighted by molar-refractivity contribution is -0.250. The highest BCUT2D eigenvalue weighted by atomic mass is 35.5. The van der Waals surface area contributed by atoms with E-state index >= 15 is 0 Å². The summed E-state index contributed by atoms with van der Waals surface area (Å²) < 4.78 is 46.0. The number of nitrogen functional groups attached to an aromatic ring is 1. The van der Waals surface area contributed by atoms with Crippen molar-refractivity contribution in [3.63, 3.8) is 0 Å². The van der Waals surface area contributed by atoms with Crippen LogP contribution in [0.2, 0.25) is 24.7 Å². The summed E-state index contributed by atoms with van der Waals surface area (Å²) in [5, 5.41) is 0.106. The molecule has 0 amide bonds. The van der Waals surface area contributed by atoms with Gasteiger partial charge in [-0.3, -0.25) is 0 Å². The van der Waals surface area contributed by atoms with Gasteiger partial charge in [0.2, 0.25) is 0 Å². The zero-order chi connectivity index (χ0) is 15.9. The number of benzene rings is 1. The quantitative estimate of drug-likeness (QED) is 0.636. The van der Waals surface area contributed by atoms with Crippen LogP contribution in [0.3, 0.4) is 0 Å². The Balaban J connectivity index is 3.47. The molecule has 0 spiro atoms. The maximum atomic E-state index is 13.5. The van der Waals surface area contributed by atoms with Crippen LogP contribution in [-0.2, 0) is 10.0 Å². The number of hydrogen-bond donors (Lipinski definition) is 1. The van der Waals surface area contributed by atoms with E-state index in [0.717, 1.165) is 6.92 Å². The van der Waals surface area contributed by atoms with Crippen LogP contribution in [0.15, 0.2) is 12.1 Å². The standard InChI is InChI=1S/C13H19ClF3NOSi/c1-8-6-9(7-10(14)11(8)18)12(2,13(15,16)17)19-20(3,4)5/h6-7H,18H2,1-5H3. The van der Waals surface area contributed by atoms with Gasteiger partial charge in [0.1, 0.15) is 0 Å². The van der Waals surface area contributed by atoms with E-state index in [9.17, 15) is 13.2 Å². The minimum absolute atomic E-state index is 0.0240. The highest BCUT2D eigenvalue weighted by molar-refractivity contribution is 6.69. The number of nitrogens with two attached hydrogens (primary N) is 1. The molecule has 1 aromatic carbocycles. The Labute approximate surface area is 123 Å². The molecule has 1 atom stereocenters. The highest BCUT2D eigenvalue weighted by Gasteiger charge is 2.55. The molecule has 114 valence electrons. The molecule has 0 saturated carbocycles. The van der Waals surface area contributed by atoms with Crippen molar-refractivity contribution in [1.82, 2.24) is 0 Å². The zero-order valence-corrected chi connectivity index (χ0v) is 13.9. The van der Waals surface area contributed by atoms with Crippen molar-refractivity contribution in [2.24, 2.45) is 0 Å². The summed E-state index contributed by atoms with van der Waals surface area (Å²) in [6.07, 6.45) is -4.54. The van der Waals surface area contributed by atoms with Crippen LogP contribution in [0.4, 0.5) is 18.9 Å². The highest BCUT2D eigenvalue weighted by Crippen LogP contribution is 2.45. The summed E-state index contributed by atoms with van der Waals surface area (Å²) in [6, 6.07) is 2.62. The molecule has 0 bridgehead atoms. The minimum Gasteiger partial charge on any atom is -0.401 e. The van der Waals surface area contributed by atoms with E-state index in [-0.39, 0.29) is 16.3 Å². The maximum absolute atomic E-state index is 13.5. The summed E-state index contributed by atoms with van der Waals surface area (Å²) in [6.45, 7) is 7.79. The van der Waals surface area contributed by atoms with Gasteiger partial charge in [-0.15, -0.1) is 0 Å². The van der Waals surface area contributed by atoms with Crippen LogP contribution in [0.5, 0.6) is 0 Å². The van der Waals surface area contributed by atoms with Crippen LogP contribution >= 0.6 is 11.6 Å². The van der Waals surface area contributed by atoms with Crippen molar-refractivity contribution in [2.45, 2.75) is 45.3 Å². The van der Waals surface area contributed by atoms with Crippen molar-refractivity contribution in [2.75, 3.05) is 5.73 Å². The minimum atomic E-state index is -4.54. The third-order valence-electron chi connectivity index (χ3n) is 2.94. The third kappa shape index (κ3) is 3.48. The predicted molar refractivity (Wildman–Crippen MR) is 78.4 cm³/mol. The average molecular weight is 326 g/mol. The Morgan fingerprint density at radius 2 is 1.70 bits per heavy atom. The SMILES string of the molecule is Cc1cc(C(C)(O[Si](C)(C)C)C(F)(F)F)cc(Cl)c1N. The lowest BCUT2D eigenvalue weighted by Crippen LogP contribution is -2.48. The largest absolute Gasteiger partial charge is 0.420 e. The first-order valence-electron chi connectivity index (χ1n) is 6.11. The predicted octanol–water partition coefficient (Wildman–Crippen LogP) is 4.86. The van der Waals surface area contributed by atoms with Gasteiger partial charge >= 0.3 is 6.18 Å². The van der Waals surface area contributed by atoms with Crippen LogP contribution in [0.1, 0.15) is 18.1 Å². The Kier molecular flexibility index (Phi) is 4.54. The molecule has 1 rings (SSSR count). The van der Waals surface area contributed by atoms with Crippen LogP contribution in [0, 0.1) is 6.92 Å². The Morgan fingerprint density at radius 3 is 2.05 bits per heavy atom. The molecular formula is C13H19ClF3NOSi. The van der Waals surface area contributed by atoms with E-state index in [0.29, 0.717) is 5.56 Å². The molecule has 0 saturated heterocycles. The molecule has 1 unspecified atom stereocenters. The lowest BCUT2D eigenvalue weighted by atomic mass is 9.93. The van der Waals surface area contributed by atoms with E-state index in [4.69, 9.17) is 21.8 Å². The molecule has 7 heteroatoms. The number of hydrogen-bond acceptors (Lipinski definition) is 2. The Bertz CT molecular complexity index is 490. The summed E-state index contributed by atoms with van der Waals surface area (Å²) in [5.74, 6) is 0. The molecule has 0 fully saturated rings. The van der Waals surface area contributed by atoms with Gasteiger partial charge in [0.05, 0.1) is 10.7 Å². The van der Waals surface area contributed by atoms with Crippen LogP contribution in [0.25, 0.3) is 0 Å². The molecular weight excluding hydrogens is 307 g/mol. The van der Waals surface area contributed by atoms with Crippen molar-refractivity contribution in [1.29, 1.82) is 0 Å². The van der Waals surface area contributed by atoms with Crippen LogP contribution < -0.4 is 5.73 Å². The van der Waals surface area contributed by atoms with Gasteiger partial charge in [-0.2, -0.15) is 13.2 Å². The molecule has 0 aliphatic rings. The summed E-state index contributed by atoms with van der Waals surface area (Å²) in [7, 11) is -2.43. The lowest BCUT2D eigenvalue weighted by Gasteiger charge is -2.38. The first-order valence-corrected chi connectivity index (χ1v) is 9.89. The first-order chi connectivity index (χ1) is 8.78. The first kappa shape index (κ1) is 17.3. The maximum Gasteiger partial charge on any atom is 0.420 e. The van der Waals surface area contributed by atoms with Crippen molar-refractivity contribution in [3.05, 3.63) is 28.3 Å². The van der Waals surface area contributed by atoms with Gasteiger partial charge in [-0.1, -0.05) is 17.7 Å². The number of anilines is 1. The monoisotopic (exact) mass is 325 g/mol. The van der Waals surface area contributed by atoms with Crippen LogP contribution in [-0.4, -0.2) is 14.5 Å². The van der Waals surface area contributed by atoms with Crippen molar-refractivity contribution in [3.8, 4) is 0 Å². The van der Waals surface area contributed by atoms with E-state index in [1.165, 1.54) is 12.1 Å². The molecule has 2 N–H and O–H groups in total. The molecule has 1 aromatic rings. The fourth-order valence-electron chi connectivity index (χ4n) is 1.92. The molecule has 0 aromatic heterocycles. The van der Waals surface area contributed by atoms with E-state index in [1.54, 1.807) is 26.6 Å². The van der Waals surface area contributed by atoms with Gasteiger partial charge in [-0.05, 0) is 50.7 Å². The average Bonchev–Trinajstić information content (AvgIpc) is 2.21. The van der Waals surface area contributed by atoms with Gasteiger partial charge < -0.3 is 10.2 Å². The molecule has 20 heavy (non-hydrogen) atoms. The summed E-state index contributed by atoms with van der Waals surface area (Å²) in [4.78, 5) is 0. The fourth-order valence-corrected chi connectivity index (χ4v) is 3.65.